The minimum absolute atomic E-state index is 0.444. The number of carbonyl (C=O) groups is 1. The van der Waals surface area contributed by atoms with E-state index in [9.17, 15) is 4.79 Å². The molecule has 3 rings (SSSR count). The van der Waals surface area contributed by atoms with Gasteiger partial charge in [-0.2, -0.15) is 0 Å². The smallest absolute Gasteiger partial charge is 0.152 e. The summed E-state index contributed by atoms with van der Waals surface area (Å²) in [7, 11) is 0. The highest BCUT2D eigenvalue weighted by atomic mass is 35.5. The lowest BCUT2D eigenvalue weighted by atomic mass is 10.1. The first-order valence-electron chi connectivity index (χ1n) is 5.82. The van der Waals surface area contributed by atoms with E-state index in [-0.39, 0.29) is 0 Å². The average Bonchev–Trinajstić information content (AvgIpc) is 2.77. The molecule has 0 bridgehead atoms. The van der Waals surface area contributed by atoms with Gasteiger partial charge in [0.05, 0.1) is 10.7 Å². The quantitative estimate of drug-likeness (QED) is 0.611. The summed E-state index contributed by atoms with van der Waals surface area (Å²) < 4.78 is 0. The maximum absolute atomic E-state index is 11.5. The van der Waals surface area contributed by atoms with Crippen molar-refractivity contribution in [3.8, 4) is 11.3 Å². The van der Waals surface area contributed by atoms with Crippen LogP contribution in [0, 0.1) is 0 Å². The molecule has 0 unspecified atom stereocenters. The summed E-state index contributed by atoms with van der Waals surface area (Å²) in [6.45, 7) is 0. The Labute approximate surface area is 130 Å². The zero-order chi connectivity index (χ0) is 14.3. The van der Waals surface area contributed by atoms with Gasteiger partial charge < -0.3 is 4.98 Å². The zero-order valence-corrected chi connectivity index (χ0v) is 12.4. The van der Waals surface area contributed by atoms with E-state index in [2.05, 4.69) is 4.98 Å². The number of nitrogens with one attached hydrogen (secondary N) is 1. The second-order valence-electron chi connectivity index (χ2n) is 4.35. The Bertz CT molecular complexity index is 823. The zero-order valence-electron chi connectivity index (χ0n) is 10.1. The van der Waals surface area contributed by atoms with Crippen molar-refractivity contribution in [3.63, 3.8) is 0 Å². The number of H-pyrrole nitrogens is 1. The lowest BCUT2D eigenvalue weighted by Crippen LogP contribution is -1.84. The predicted molar refractivity (Wildman–Crippen MR) is 84.2 cm³/mol. The van der Waals surface area contributed by atoms with Crippen molar-refractivity contribution < 1.29 is 4.79 Å². The molecule has 0 radical (unpaired) electrons. The van der Waals surface area contributed by atoms with Gasteiger partial charge in [0, 0.05) is 32.1 Å². The molecule has 3 aromatic rings. The average molecular weight is 325 g/mol. The Morgan fingerprint density at radius 1 is 1.00 bits per heavy atom. The molecular weight excluding hydrogens is 317 g/mol. The van der Waals surface area contributed by atoms with Crippen molar-refractivity contribution in [2.45, 2.75) is 0 Å². The molecule has 0 amide bonds. The van der Waals surface area contributed by atoms with E-state index in [0.717, 1.165) is 17.4 Å². The normalized spacial score (nSPS) is 10.9. The van der Waals surface area contributed by atoms with E-state index in [1.54, 1.807) is 24.3 Å². The van der Waals surface area contributed by atoms with Gasteiger partial charge in [0.2, 0.25) is 0 Å². The second kappa shape index (κ2) is 5.13. The maximum atomic E-state index is 11.5. The molecule has 0 saturated carbocycles. The molecule has 5 heteroatoms. The number of rotatable bonds is 2. The molecule has 20 heavy (non-hydrogen) atoms. The van der Waals surface area contributed by atoms with Gasteiger partial charge in [-0.1, -0.05) is 46.9 Å². The molecular formula is C15H8Cl3NO. The first-order chi connectivity index (χ1) is 9.60. The standard InChI is InChI=1S/C15H8Cl3NO/c16-9-3-1-2-8(4-9)15-11(7-20)14-12(18)5-10(17)6-13(14)19-15/h1-7,19H. The Hall–Kier alpha value is -1.48. The molecule has 2 aromatic carbocycles. The molecule has 0 spiro atoms. The number of hydrogen-bond donors (Lipinski definition) is 1. The highest BCUT2D eigenvalue weighted by molar-refractivity contribution is 6.39. The molecule has 0 fully saturated rings. The van der Waals surface area contributed by atoms with Gasteiger partial charge in [0.15, 0.2) is 6.29 Å². The van der Waals surface area contributed by atoms with Crippen LogP contribution in [0.25, 0.3) is 22.2 Å². The molecule has 1 N–H and O–H groups in total. The number of aromatic amines is 1. The van der Waals surface area contributed by atoms with Crippen LogP contribution in [0.2, 0.25) is 15.1 Å². The van der Waals surface area contributed by atoms with Gasteiger partial charge in [0.25, 0.3) is 0 Å². The third-order valence-corrected chi connectivity index (χ3v) is 3.84. The topological polar surface area (TPSA) is 32.9 Å². The van der Waals surface area contributed by atoms with Crippen molar-refractivity contribution >= 4 is 52.0 Å². The third-order valence-electron chi connectivity index (χ3n) is 3.08. The number of benzene rings is 2. The molecule has 0 aliphatic rings. The molecule has 0 saturated heterocycles. The third kappa shape index (κ3) is 2.20. The minimum Gasteiger partial charge on any atom is -0.354 e. The fourth-order valence-corrected chi connectivity index (χ4v) is 3.05. The fraction of sp³-hybridized carbons (Fsp3) is 0. The molecule has 1 aromatic heterocycles. The number of halogens is 3. The van der Waals surface area contributed by atoms with Crippen LogP contribution in [-0.2, 0) is 0 Å². The lowest BCUT2D eigenvalue weighted by Gasteiger charge is -2.00. The van der Waals surface area contributed by atoms with Crippen molar-refractivity contribution in [2.24, 2.45) is 0 Å². The maximum Gasteiger partial charge on any atom is 0.152 e. The second-order valence-corrected chi connectivity index (χ2v) is 5.63. The summed E-state index contributed by atoms with van der Waals surface area (Å²) in [6, 6.07) is 10.6. The Morgan fingerprint density at radius 3 is 2.50 bits per heavy atom. The first kappa shape index (κ1) is 13.5. The molecule has 0 aliphatic carbocycles. The van der Waals surface area contributed by atoms with E-state index in [0.29, 0.717) is 31.7 Å². The molecule has 100 valence electrons. The van der Waals surface area contributed by atoms with Crippen LogP contribution < -0.4 is 0 Å². The van der Waals surface area contributed by atoms with Crippen molar-refractivity contribution in [1.82, 2.24) is 4.98 Å². The largest absolute Gasteiger partial charge is 0.354 e. The summed E-state index contributed by atoms with van der Waals surface area (Å²) in [5, 5.41) is 2.22. The number of fused-ring (bicyclic) bond motifs is 1. The van der Waals surface area contributed by atoms with Crippen LogP contribution in [-0.4, -0.2) is 11.3 Å². The van der Waals surface area contributed by atoms with Gasteiger partial charge >= 0.3 is 0 Å². The molecule has 0 aliphatic heterocycles. The van der Waals surface area contributed by atoms with Crippen LogP contribution in [0.15, 0.2) is 36.4 Å². The van der Waals surface area contributed by atoms with E-state index >= 15 is 0 Å². The van der Waals surface area contributed by atoms with E-state index < -0.39 is 0 Å². The van der Waals surface area contributed by atoms with E-state index in [4.69, 9.17) is 34.8 Å². The van der Waals surface area contributed by atoms with E-state index in [1.807, 2.05) is 12.1 Å². The fourth-order valence-electron chi connectivity index (χ4n) is 2.26. The van der Waals surface area contributed by atoms with Crippen molar-refractivity contribution in [3.05, 3.63) is 57.0 Å². The van der Waals surface area contributed by atoms with E-state index in [1.165, 1.54) is 0 Å². The molecule has 2 nitrogen and oxygen atoms in total. The number of hydrogen-bond acceptors (Lipinski definition) is 1. The predicted octanol–water partition coefficient (Wildman–Crippen LogP) is 5.61. The van der Waals surface area contributed by atoms with Crippen molar-refractivity contribution in [2.75, 3.05) is 0 Å². The van der Waals surface area contributed by atoms with Crippen LogP contribution >= 0.6 is 34.8 Å². The van der Waals surface area contributed by atoms with Crippen LogP contribution in [0.3, 0.4) is 0 Å². The summed E-state index contributed by atoms with van der Waals surface area (Å²) >= 11 is 18.2. The Kier molecular flexibility index (Phi) is 3.47. The number of aromatic nitrogens is 1. The Morgan fingerprint density at radius 2 is 1.80 bits per heavy atom. The summed E-state index contributed by atoms with van der Waals surface area (Å²) in [5.41, 5.74) is 2.73. The minimum atomic E-state index is 0.444. The van der Waals surface area contributed by atoms with Gasteiger partial charge in [-0.15, -0.1) is 0 Å². The van der Waals surface area contributed by atoms with Gasteiger partial charge in [-0.3, -0.25) is 4.79 Å². The molecule has 0 atom stereocenters. The van der Waals surface area contributed by atoms with Crippen LogP contribution in [0.5, 0.6) is 0 Å². The number of aldehydes is 1. The van der Waals surface area contributed by atoms with Gasteiger partial charge in [0.1, 0.15) is 0 Å². The highest BCUT2D eigenvalue weighted by Gasteiger charge is 2.16. The summed E-state index contributed by atoms with van der Waals surface area (Å²) in [6.07, 6.45) is 0.787. The monoisotopic (exact) mass is 323 g/mol. The lowest BCUT2D eigenvalue weighted by molar-refractivity contribution is 0.112. The van der Waals surface area contributed by atoms with Gasteiger partial charge in [-0.05, 0) is 24.3 Å². The van der Waals surface area contributed by atoms with Crippen LogP contribution in [0.4, 0.5) is 0 Å². The highest BCUT2D eigenvalue weighted by Crippen LogP contribution is 2.36. The SMILES string of the molecule is O=Cc1c(-c2cccc(Cl)c2)[nH]c2cc(Cl)cc(Cl)c12. The molecule has 1 heterocycles. The summed E-state index contributed by atoms with van der Waals surface area (Å²) in [4.78, 5) is 14.6. The van der Waals surface area contributed by atoms with Gasteiger partial charge in [-0.25, -0.2) is 0 Å². The Balaban J connectivity index is 2.37. The van der Waals surface area contributed by atoms with Crippen LogP contribution in [0.1, 0.15) is 10.4 Å². The number of carbonyl (C=O) groups excluding carboxylic acids is 1. The first-order valence-corrected chi connectivity index (χ1v) is 6.95. The van der Waals surface area contributed by atoms with Crippen molar-refractivity contribution in [1.29, 1.82) is 0 Å². The summed E-state index contributed by atoms with van der Waals surface area (Å²) in [5.74, 6) is 0.